The van der Waals surface area contributed by atoms with Crippen LogP contribution in [0.15, 0.2) is 75.9 Å². The molecule has 0 atom stereocenters. The summed E-state index contributed by atoms with van der Waals surface area (Å²) in [6, 6.07) is 18.8. The Balaban J connectivity index is 1.67. The van der Waals surface area contributed by atoms with Gasteiger partial charge in [-0.25, -0.2) is 0 Å². The van der Waals surface area contributed by atoms with E-state index in [9.17, 15) is 0 Å². The van der Waals surface area contributed by atoms with E-state index in [1.165, 1.54) is 41.7 Å². The average Bonchev–Trinajstić information content (AvgIpc) is 3.15. The van der Waals surface area contributed by atoms with Crippen LogP contribution in [0.5, 0.6) is 0 Å². The largest absolute Gasteiger partial charge is 0.371 e. The van der Waals surface area contributed by atoms with E-state index in [-0.39, 0.29) is 0 Å². The average molecular weight is 453 g/mol. The lowest BCUT2D eigenvalue weighted by atomic mass is 10.0. The highest BCUT2D eigenvalue weighted by atomic mass is 79.9. The Hall–Kier alpha value is -1.91. The third-order valence-corrected chi connectivity index (χ3v) is 6.30. The molecule has 1 saturated heterocycles. The number of nitrogens with zero attached hydrogens (tertiary/aromatic N) is 1. The van der Waals surface area contributed by atoms with Gasteiger partial charge in [0.1, 0.15) is 4.99 Å². The highest BCUT2D eigenvalue weighted by molar-refractivity contribution is 9.10. The third kappa shape index (κ3) is 4.56. The van der Waals surface area contributed by atoms with Crippen LogP contribution in [0.25, 0.3) is 6.08 Å². The highest BCUT2D eigenvalue weighted by Gasteiger charge is 2.28. The summed E-state index contributed by atoms with van der Waals surface area (Å²) in [6.07, 6.45) is 8.26. The van der Waals surface area contributed by atoms with Crippen LogP contribution in [-0.4, -0.2) is 23.0 Å². The maximum absolute atomic E-state index is 5.85. The van der Waals surface area contributed by atoms with Gasteiger partial charge in [-0.2, -0.15) is 0 Å². The summed E-state index contributed by atoms with van der Waals surface area (Å²) in [6.45, 7) is 2.26. The normalized spacial score (nSPS) is 18.6. The first-order chi connectivity index (χ1) is 13.7. The van der Waals surface area contributed by atoms with Crippen molar-refractivity contribution >= 4 is 44.9 Å². The number of likely N-dealkylation sites (tertiary alicyclic amines) is 1. The van der Waals surface area contributed by atoms with Crippen molar-refractivity contribution in [1.29, 1.82) is 0 Å². The van der Waals surface area contributed by atoms with Crippen molar-refractivity contribution in [2.24, 2.45) is 0 Å². The van der Waals surface area contributed by atoms with E-state index in [4.69, 9.17) is 12.2 Å². The minimum absolute atomic E-state index is 0.867. The van der Waals surface area contributed by atoms with E-state index in [0.29, 0.717) is 0 Å². The molecule has 0 bridgehead atoms. The second-order valence-electron chi connectivity index (χ2n) is 7.42. The molecular formula is C24H25BrN2S. The zero-order valence-electron chi connectivity index (χ0n) is 16.0. The van der Waals surface area contributed by atoms with Gasteiger partial charge < -0.3 is 10.2 Å². The fraction of sp³-hybridized carbons (Fsp3) is 0.292. The van der Waals surface area contributed by atoms with E-state index in [0.717, 1.165) is 41.1 Å². The fourth-order valence-corrected chi connectivity index (χ4v) is 4.63. The number of rotatable bonds is 4. The van der Waals surface area contributed by atoms with Crippen LogP contribution in [0.2, 0.25) is 0 Å². The Bertz CT molecular complexity index is 894. The van der Waals surface area contributed by atoms with Gasteiger partial charge in [0.25, 0.3) is 0 Å². The summed E-state index contributed by atoms with van der Waals surface area (Å²) >= 11 is 9.38. The first-order valence-corrected chi connectivity index (χ1v) is 11.2. The molecule has 2 aromatic carbocycles. The number of thiocarbonyl (C=S) groups is 1. The molecule has 1 fully saturated rings. The monoisotopic (exact) mass is 452 g/mol. The van der Waals surface area contributed by atoms with Crippen molar-refractivity contribution in [3.05, 3.63) is 81.5 Å². The number of piperidine rings is 1. The minimum atomic E-state index is 0.867. The Kier molecular flexibility index (Phi) is 6.28. The smallest absolute Gasteiger partial charge is 0.108 e. The van der Waals surface area contributed by atoms with Crippen LogP contribution in [0.1, 0.15) is 37.7 Å². The molecule has 1 N–H and O–H groups in total. The number of nitrogens with one attached hydrogen (secondary N) is 1. The van der Waals surface area contributed by atoms with Crippen LogP contribution in [0, 0.1) is 0 Å². The predicted molar refractivity (Wildman–Crippen MR) is 126 cm³/mol. The van der Waals surface area contributed by atoms with Gasteiger partial charge >= 0.3 is 0 Å². The van der Waals surface area contributed by atoms with Gasteiger partial charge in [0, 0.05) is 34.5 Å². The number of para-hydroxylation sites is 1. The lowest BCUT2D eigenvalue weighted by Gasteiger charge is -2.32. The first-order valence-electron chi connectivity index (χ1n) is 10.0. The Labute approximate surface area is 181 Å². The Morgan fingerprint density at radius 3 is 2.36 bits per heavy atom. The van der Waals surface area contributed by atoms with E-state index in [2.05, 4.69) is 68.6 Å². The first kappa shape index (κ1) is 19.4. The molecule has 1 aliphatic carbocycles. The zero-order valence-corrected chi connectivity index (χ0v) is 18.4. The molecule has 0 unspecified atom stereocenters. The van der Waals surface area contributed by atoms with E-state index in [1.807, 2.05) is 18.2 Å². The minimum Gasteiger partial charge on any atom is -0.371 e. The number of benzene rings is 2. The summed E-state index contributed by atoms with van der Waals surface area (Å²) < 4.78 is 1.11. The summed E-state index contributed by atoms with van der Waals surface area (Å²) in [5.41, 5.74) is 6.39. The van der Waals surface area contributed by atoms with Crippen molar-refractivity contribution < 1.29 is 0 Å². The molecule has 4 rings (SSSR count). The predicted octanol–water partition coefficient (Wildman–Crippen LogP) is 6.81. The molecule has 0 radical (unpaired) electrons. The molecule has 144 valence electrons. The van der Waals surface area contributed by atoms with E-state index in [1.54, 1.807) is 0 Å². The molecule has 2 aromatic rings. The molecule has 4 heteroatoms. The van der Waals surface area contributed by atoms with Crippen LogP contribution in [-0.2, 0) is 0 Å². The van der Waals surface area contributed by atoms with Crippen molar-refractivity contribution in [3.8, 4) is 0 Å². The standard InChI is InChI=1S/C24H25BrN2S/c25-20-12-9-18(10-13-20)17-19-11-14-22(23(19)27-15-5-2-6-16-27)24(28)26-21-7-3-1-4-8-21/h1,3-4,7-10,12-13,17H,2,5-6,11,14-16H2,(H,26,28)/b19-17+. The molecule has 2 aliphatic rings. The van der Waals surface area contributed by atoms with Gasteiger partial charge in [-0.1, -0.05) is 58.5 Å². The lowest BCUT2D eigenvalue weighted by molar-refractivity contribution is 0.290. The quantitative estimate of drug-likeness (QED) is 0.512. The molecule has 0 spiro atoms. The Morgan fingerprint density at radius 1 is 0.929 bits per heavy atom. The summed E-state index contributed by atoms with van der Waals surface area (Å²) in [5, 5.41) is 3.46. The van der Waals surface area contributed by atoms with Crippen molar-refractivity contribution in [2.75, 3.05) is 18.4 Å². The van der Waals surface area contributed by atoms with Crippen LogP contribution in [0.4, 0.5) is 5.69 Å². The summed E-state index contributed by atoms with van der Waals surface area (Å²) in [7, 11) is 0. The van der Waals surface area contributed by atoms with Crippen molar-refractivity contribution in [1.82, 2.24) is 4.90 Å². The molecule has 28 heavy (non-hydrogen) atoms. The molecule has 1 heterocycles. The number of allylic oxidation sites excluding steroid dienone is 1. The Morgan fingerprint density at radius 2 is 1.64 bits per heavy atom. The van der Waals surface area contributed by atoms with Gasteiger partial charge in [-0.05, 0) is 73.6 Å². The molecule has 2 nitrogen and oxygen atoms in total. The SMILES string of the molecule is S=C(Nc1ccccc1)C1=C(N2CCCCC2)/C(=C/c2ccc(Br)cc2)CC1. The lowest BCUT2D eigenvalue weighted by Crippen LogP contribution is -2.31. The van der Waals surface area contributed by atoms with Gasteiger partial charge in [-0.15, -0.1) is 0 Å². The number of hydrogen-bond acceptors (Lipinski definition) is 2. The van der Waals surface area contributed by atoms with Crippen LogP contribution >= 0.6 is 28.1 Å². The van der Waals surface area contributed by atoms with Crippen molar-refractivity contribution in [2.45, 2.75) is 32.1 Å². The summed E-state index contributed by atoms with van der Waals surface area (Å²) in [5.74, 6) is 0. The van der Waals surface area contributed by atoms with Crippen molar-refractivity contribution in [3.63, 3.8) is 0 Å². The molecule has 1 aliphatic heterocycles. The van der Waals surface area contributed by atoms with Gasteiger partial charge in [0.2, 0.25) is 0 Å². The maximum atomic E-state index is 5.85. The van der Waals surface area contributed by atoms with Gasteiger partial charge in [-0.3, -0.25) is 0 Å². The van der Waals surface area contributed by atoms with Gasteiger partial charge in [0.15, 0.2) is 0 Å². The molecule has 0 aromatic heterocycles. The van der Waals surface area contributed by atoms with Crippen LogP contribution in [0.3, 0.4) is 0 Å². The second-order valence-corrected chi connectivity index (χ2v) is 8.74. The maximum Gasteiger partial charge on any atom is 0.108 e. The van der Waals surface area contributed by atoms with E-state index < -0.39 is 0 Å². The topological polar surface area (TPSA) is 15.3 Å². The van der Waals surface area contributed by atoms with Gasteiger partial charge in [0.05, 0.1) is 0 Å². The molecule has 0 amide bonds. The van der Waals surface area contributed by atoms with E-state index >= 15 is 0 Å². The third-order valence-electron chi connectivity index (χ3n) is 5.42. The number of anilines is 1. The zero-order chi connectivity index (χ0) is 19.3. The number of hydrogen-bond donors (Lipinski definition) is 1. The second kappa shape index (κ2) is 9.06. The summed E-state index contributed by atoms with van der Waals surface area (Å²) in [4.78, 5) is 3.43. The van der Waals surface area contributed by atoms with Crippen LogP contribution < -0.4 is 5.32 Å². The fourth-order valence-electron chi connectivity index (χ4n) is 4.05. The number of halogens is 1. The molecular weight excluding hydrogens is 428 g/mol. The molecule has 0 saturated carbocycles. The highest BCUT2D eigenvalue weighted by Crippen LogP contribution is 2.37.